The molecule has 5 nitrogen and oxygen atoms in total. The van der Waals surface area contributed by atoms with Gasteiger partial charge in [0.15, 0.2) is 0 Å². The van der Waals surface area contributed by atoms with Gasteiger partial charge in [0, 0.05) is 7.11 Å². The van der Waals surface area contributed by atoms with Crippen molar-refractivity contribution in [3.8, 4) is 0 Å². The van der Waals surface area contributed by atoms with Crippen molar-refractivity contribution in [1.29, 1.82) is 0 Å². The van der Waals surface area contributed by atoms with Gasteiger partial charge in [-0.05, 0) is 12.8 Å². The number of hydrogen-bond acceptors (Lipinski definition) is 3. The molecule has 1 fully saturated rings. The summed E-state index contributed by atoms with van der Waals surface area (Å²) in [6.07, 6.45) is 3.84. The average molecular weight is 258 g/mol. The minimum Gasteiger partial charge on any atom is -0.368 e. The van der Waals surface area contributed by atoms with Crippen LogP contribution in [0, 0.1) is 0 Å². The number of ether oxygens (including phenoxy) is 1. The summed E-state index contributed by atoms with van der Waals surface area (Å²) in [7, 11) is -2.95. The fourth-order valence-electron chi connectivity index (χ4n) is 1.85. The minimum absolute atomic E-state index is 0.220. The molecule has 1 N–H and O–H groups in total. The third kappa shape index (κ3) is 3.29. The van der Waals surface area contributed by atoms with E-state index in [1.54, 1.807) is 0 Å². The second-order valence-electron chi connectivity index (χ2n) is 3.72. The van der Waals surface area contributed by atoms with E-state index in [4.69, 9.17) is 20.9 Å². The van der Waals surface area contributed by atoms with Gasteiger partial charge < -0.3 is 4.74 Å². The predicted octanol–water partition coefficient (Wildman–Crippen LogP) is 1.59. The van der Waals surface area contributed by atoms with E-state index >= 15 is 0 Å². The van der Waals surface area contributed by atoms with Gasteiger partial charge in [-0.15, -0.1) is 15.9 Å². The topological polar surface area (TPSA) is 66.8 Å². The molecule has 0 atom stereocenters. The largest absolute Gasteiger partial charge is 0.368 e. The molecule has 7 heteroatoms. The van der Waals surface area contributed by atoms with Crippen LogP contribution in [0.2, 0.25) is 0 Å². The molecule has 0 aliphatic heterocycles. The first-order chi connectivity index (χ1) is 6.90. The van der Waals surface area contributed by atoms with Crippen molar-refractivity contribution in [3.05, 3.63) is 0 Å². The maximum absolute atomic E-state index is 11.1. The summed E-state index contributed by atoms with van der Waals surface area (Å²) in [6.45, 7) is -0.220. The molecule has 0 spiro atoms. The lowest BCUT2D eigenvalue weighted by Gasteiger charge is -2.38. The van der Waals surface area contributed by atoms with E-state index in [0.717, 1.165) is 23.6 Å². The second kappa shape index (κ2) is 4.97. The number of hydrogen-bond donors (Lipinski definition) is 1. The van der Waals surface area contributed by atoms with Crippen LogP contribution >= 0.6 is 11.6 Å². The van der Waals surface area contributed by atoms with Gasteiger partial charge in [-0.25, -0.2) is 0 Å². The summed E-state index contributed by atoms with van der Waals surface area (Å²) < 4.78 is 36.9. The molecule has 0 bridgehead atoms. The zero-order valence-electron chi connectivity index (χ0n) is 8.65. The molecular formula is C8H16ClNO4S. The number of alkyl halides is 1. The molecule has 0 heterocycles. The Balaban J connectivity index is 2.87. The van der Waals surface area contributed by atoms with E-state index in [1.165, 1.54) is 7.11 Å². The summed E-state index contributed by atoms with van der Waals surface area (Å²) in [5, 5.41) is 0. The lowest BCUT2D eigenvalue weighted by Crippen LogP contribution is -2.49. The Morgan fingerprint density at radius 2 is 1.93 bits per heavy atom. The van der Waals surface area contributed by atoms with Crippen LogP contribution in [0.25, 0.3) is 0 Å². The third-order valence-electron chi connectivity index (χ3n) is 2.59. The first-order valence-electron chi connectivity index (χ1n) is 4.83. The normalized spacial score (nSPS) is 21.9. The van der Waals surface area contributed by atoms with Crippen LogP contribution in [-0.2, 0) is 15.0 Å². The average Bonchev–Trinajstić information content (AvgIpc) is 2.13. The number of nitrogens with zero attached hydrogens (tertiary/aromatic N) is 1. The standard InChI is InChI=1S/C8H16ClNO4S/c1-14-7-10(15(11,12)13)8(9)5-3-2-4-6-8/h2-7H2,1H3,(H,11,12,13). The molecule has 0 amide bonds. The van der Waals surface area contributed by atoms with Crippen LogP contribution in [0.4, 0.5) is 0 Å². The monoisotopic (exact) mass is 257 g/mol. The Labute approximate surface area is 95.2 Å². The fourth-order valence-corrected chi connectivity index (χ4v) is 3.26. The molecule has 0 aromatic rings. The zero-order chi connectivity index (χ0) is 11.5. The summed E-state index contributed by atoms with van der Waals surface area (Å²) in [4.78, 5) is -1.03. The zero-order valence-corrected chi connectivity index (χ0v) is 10.2. The van der Waals surface area contributed by atoms with Gasteiger partial charge in [0.25, 0.3) is 0 Å². The second-order valence-corrected chi connectivity index (χ2v) is 5.76. The highest BCUT2D eigenvalue weighted by Gasteiger charge is 2.42. The van der Waals surface area contributed by atoms with Crippen LogP contribution in [0.3, 0.4) is 0 Å². The number of rotatable bonds is 4. The number of halogens is 1. The molecule has 0 unspecified atom stereocenters. The highest BCUT2D eigenvalue weighted by Crippen LogP contribution is 2.38. The molecular weight excluding hydrogens is 242 g/mol. The smallest absolute Gasteiger partial charge is 0.339 e. The van der Waals surface area contributed by atoms with Crippen LogP contribution < -0.4 is 0 Å². The third-order valence-corrected chi connectivity index (χ3v) is 4.29. The van der Waals surface area contributed by atoms with Crippen molar-refractivity contribution in [1.82, 2.24) is 4.31 Å². The SMILES string of the molecule is COCN(C1(Cl)CCCCC1)S(=O)(=O)O. The molecule has 0 aromatic heterocycles. The lowest BCUT2D eigenvalue weighted by molar-refractivity contribution is 0.0592. The van der Waals surface area contributed by atoms with Crippen molar-refractivity contribution in [2.24, 2.45) is 0 Å². The molecule has 0 saturated heterocycles. The first kappa shape index (κ1) is 13.2. The minimum atomic E-state index is -4.31. The van der Waals surface area contributed by atoms with Gasteiger partial charge in [0.1, 0.15) is 11.7 Å². The Kier molecular flexibility index (Phi) is 4.37. The lowest BCUT2D eigenvalue weighted by atomic mass is 9.95. The Morgan fingerprint density at radius 3 is 2.33 bits per heavy atom. The predicted molar refractivity (Wildman–Crippen MR) is 56.9 cm³/mol. The molecule has 1 rings (SSSR count). The molecule has 0 aromatic carbocycles. The molecule has 15 heavy (non-hydrogen) atoms. The summed E-state index contributed by atoms with van der Waals surface area (Å²) in [5.74, 6) is 0. The van der Waals surface area contributed by atoms with Gasteiger partial charge in [-0.1, -0.05) is 19.3 Å². The van der Waals surface area contributed by atoms with Crippen molar-refractivity contribution >= 4 is 21.9 Å². The summed E-state index contributed by atoms with van der Waals surface area (Å²) in [5.41, 5.74) is 0. The molecule has 90 valence electrons. The molecule has 0 radical (unpaired) electrons. The quantitative estimate of drug-likeness (QED) is 0.360. The maximum Gasteiger partial charge on any atom is 0.339 e. The molecule has 1 aliphatic carbocycles. The van der Waals surface area contributed by atoms with E-state index in [1.807, 2.05) is 0 Å². The van der Waals surface area contributed by atoms with Gasteiger partial charge >= 0.3 is 10.3 Å². The van der Waals surface area contributed by atoms with Crippen molar-refractivity contribution in [2.45, 2.75) is 37.1 Å². The summed E-state index contributed by atoms with van der Waals surface area (Å²) in [6, 6.07) is 0. The van der Waals surface area contributed by atoms with Crippen LogP contribution in [-0.4, -0.2) is 36.1 Å². The Bertz CT molecular complexity index is 300. The van der Waals surface area contributed by atoms with Crippen LogP contribution in [0.5, 0.6) is 0 Å². The fraction of sp³-hybridized carbons (Fsp3) is 1.00. The molecule has 1 aliphatic rings. The van der Waals surface area contributed by atoms with E-state index in [0.29, 0.717) is 12.8 Å². The van der Waals surface area contributed by atoms with Crippen molar-refractivity contribution in [2.75, 3.05) is 13.8 Å². The van der Waals surface area contributed by atoms with E-state index in [-0.39, 0.29) is 6.73 Å². The maximum atomic E-state index is 11.1. The molecule has 1 saturated carbocycles. The van der Waals surface area contributed by atoms with E-state index in [2.05, 4.69) is 0 Å². The highest BCUT2D eigenvalue weighted by atomic mass is 35.5. The van der Waals surface area contributed by atoms with Crippen molar-refractivity contribution < 1.29 is 17.7 Å². The van der Waals surface area contributed by atoms with Crippen LogP contribution in [0.1, 0.15) is 32.1 Å². The Morgan fingerprint density at radius 1 is 1.40 bits per heavy atom. The van der Waals surface area contributed by atoms with Gasteiger partial charge in [-0.3, -0.25) is 4.55 Å². The van der Waals surface area contributed by atoms with Crippen LogP contribution in [0.15, 0.2) is 0 Å². The Hall–Kier alpha value is 0.120. The first-order valence-corrected chi connectivity index (χ1v) is 6.61. The van der Waals surface area contributed by atoms with Gasteiger partial charge in [0.05, 0.1) is 0 Å². The highest BCUT2D eigenvalue weighted by molar-refractivity contribution is 7.83. The van der Waals surface area contributed by atoms with Gasteiger partial charge in [0.2, 0.25) is 0 Å². The van der Waals surface area contributed by atoms with Gasteiger partial charge in [-0.2, -0.15) is 8.42 Å². The number of methoxy groups -OCH3 is 1. The van der Waals surface area contributed by atoms with E-state index in [9.17, 15) is 8.42 Å². The summed E-state index contributed by atoms with van der Waals surface area (Å²) >= 11 is 6.21. The van der Waals surface area contributed by atoms with Crippen molar-refractivity contribution in [3.63, 3.8) is 0 Å². The van der Waals surface area contributed by atoms with E-state index < -0.39 is 15.3 Å².